The number of hydrogen-bond donors (Lipinski definition) is 2. The number of carboxylic acids is 1. The number of benzene rings is 1. The Kier molecular flexibility index (Phi) is 5.70. The van der Waals surface area contributed by atoms with E-state index in [9.17, 15) is 24.6 Å². The Labute approximate surface area is 193 Å². The van der Waals surface area contributed by atoms with E-state index in [1.807, 2.05) is 20.8 Å². The Balaban J connectivity index is 1.84. The maximum atomic E-state index is 14.1. The Bertz CT molecular complexity index is 1010. The number of nitrogens with zero attached hydrogens (tertiary/aromatic N) is 2. The molecule has 1 aromatic carbocycles. The third kappa shape index (κ3) is 3.48. The van der Waals surface area contributed by atoms with Crippen LogP contribution in [0.15, 0.2) is 49.1 Å². The van der Waals surface area contributed by atoms with Crippen LogP contribution in [0.25, 0.3) is 0 Å². The van der Waals surface area contributed by atoms with E-state index in [1.165, 1.54) is 4.90 Å². The highest BCUT2D eigenvalue weighted by Crippen LogP contribution is 2.56. The number of anilines is 1. The molecule has 2 N–H and O–H groups in total. The second kappa shape index (κ2) is 8.11. The Morgan fingerprint density at radius 3 is 2.48 bits per heavy atom. The molecule has 1 spiro atoms. The molecule has 4 rings (SSSR count). The van der Waals surface area contributed by atoms with Gasteiger partial charge in [-0.1, -0.05) is 30.4 Å². The average molecular weight is 455 g/mol. The molecule has 3 aliphatic rings. The summed E-state index contributed by atoms with van der Waals surface area (Å²) in [4.78, 5) is 43.0. The van der Waals surface area contributed by atoms with Crippen molar-refractivity contribution in [3.8, 4) is 0 Å². The molecule has 2 bridgehead atoms. The van der Waals surface area contributed by atoms with Crippen molar-refractivity contribution in [2.45, 2.75) is 50.5 Å². The van der Waals surface area contributed by atoms with Crippen molar-refractivity contribution in [3.63, 3.8) is 0 Å². The summed E-state index contributed by atoms with van der Waals surface area (Å²) in [6, 6.07) is 5.98. The van der Waals surface area contributed by atoms with E-state index in [0.29, 0.717) is 12.1 Å². The normalized spacial score (nSPS) is 29.9. The molecule has 5 atom stereocenters. The van der Waals surface area contributed by atoms with Crippen LogP contribution in [-0.4, -0.2) is 69.3 Å². The van der Waals surface area contributed by atoms with Crippen LogP contribution >= 0.6 is 0 Å². The fourth-order valence-electron chi connectivity index (χ4n) is 5.34. The third-order valence-electron chi connectivity index (χ3n) is 6.80. The van der Waals surface area contributed by atoms with Gasteiger partial charge in [-0.2, -0.15) is 0 Å². The van der Waals surface area contributed by atoms with Gasteiger partial charge in [-0.25, -0.2) is 0 Å². The second-order valence-corrected chi connectivity index (χ2v) is 9.80. The molecule has 2 amide bonds. The summed E-state index contributed by atoms with van der Waals surface area (Å²) in [5.41, 5.74) is -0.541. The largest absolute Gasteiger partial charge is 0.481 e. The molecule has 176 valence electrons. The predicted octanol–water partition coefficient (Wildman–Crippen LogP) is 1.77. The number of aliphatic carboxylic acids is 1. The van der Waals surface area contributed by atoms with Gasteiger partial charge < -0.3 is 19.8 Å². The van der Waals surface area contributed by atoms with Gasteiger partial charge in [0.05, 0.1) is 12.0 Å². The molecule has 1 aromatic rings. The van der Waals surface area contributed by atoms with Gasteiger partial charge in [-0.15, -0.1) is 6.58 Å². The first-order valence-electron chi connectivity index (χ1n) is 11.1. The molecule has 33 heavy (non-hydrogen) atoms. The number of rotatable bonds is 7. The van der Waals surface area contributed by atoms with Crippen LogP contribution < -0.4 is 4.90 Å². The standard InChI is InChI=1S/C25H30N2O6/c1-5-13-26(24(2,3)4)22(30)20-25-12-10-17(33-25)18(23(31)32)19(25)21(29)27(20)16-8-6-15(7-9-16)11-14-28/h5-10,12,17-20,28H,1,11,13-14H2,2-4H3,(H,31,32). The number of carboxylic acid groups (broad SMARTS) is 1. The fourth-order valence-corrected chi connectivity index (χ4v) is 5.34. The molecule has 0 radical (unpaired) electrons. The Hall–Kier alpha value is -2.97. The smallest absolute Gasteiger partial charge is 0.310 e. The highest BCUT2D eigenvalue weighted by molar-refractivity contribution is 6.10. The van der Waals surface area contributed by atoms with Crippen LogP contribution in [0.4, 0.5) is 5.69 Å². The first kappa shape index (κ1) is 23.2. The first-order chi connectivity index (χ1) is 15.6. The quantitative estimate of drug-likeness (QED) is 0.608. The lowest BCUT2D eigenvalue weighted by atomic mass is 9.74. The number of carbonyl (C=O) groups excluding carboxylic acids is 2. The summed E-state index contributed by atoms with van der Waals surface area (Å²) >= 11 is 0. The number of amides is 2. The molecule has 0 aliphatic carbocycles. The number of hydrogen-bond acceptors (Lipinski definition) is 5. The van der Waals surface area contributed by atoms with E-state index < -0.39 is 47.0 Å². The van der Waals surface area contributed by atoms with E-state index in [4.69, 9.17) is 4.74 Å². The number of carbonyl (C=O) groups is 3. The molecule has 8 heteroatoms. The molecule has 0 aromatic heterocycles. The summed E-state index contributed by atoms with van der Waals surface area (Å²) in [7, 11) is 0. The fraction of sp³-hybridized carbons (Fsp3) is 0.480. The zero-order valence-corrected chi connectivity index (χ0v) is 19.1. The highest BCUT2D eigenvalue weighted by atomic mass is 16.5. The van der Waals surface area contributed by atoms with Crippen molar-refractivity contribution in [3.05, 3.63) is 54.6 Å². The second-order valence-electron chi connectivity index (χ2n) is 9.80. The number of aliphatic hydroxyl groups excluding tert-OH is 1. The maximum absolute atomic E-state index is 14.1. The van der Waals surface area contributed by atoms with Crippen LogP contribution in [0, 0.1) is 11.8 Å². The summed E-state index contributed by atoms with van der Waals surface area (Å²) in [6.45, 7) is 9.74. The third-order valence-corrected chi connectivity index (χ3v) is 6.80. The molecular weight excluding hydrogens is 424 g/mol. The number of ether oxygens (including phenoxy) is 1. The molecule has 2 saturated heterocycles. The van der Waals surface area contributed by atoms with Gasteiger partial charge in [0.1, 0.15) is 17.6 Å². The Morgan fingerprint density at radius 2 is 1.94 bits per heavy atom. The summed E-state index contributed by atoms with van der Waals surface area (Å²) < 4.78 is 6.16. The lowest BCUT2D eigenvalue weighted by molar-refractivity contribution is -0.146. The molecule has 8 nitrogen and oxygen atoms in total. The topological polar surface area (TPSA) is 107 Å². The van der Waals surface area contributed by atoms with E-state index >= 15 is 0 Å². The van der Waals surface area contributed by atoms with Gasteiger partial charge in [-0.05, 0) is 44.9 Å². The minimum Gasteiger partial charge on any atom is -0.481 e. The van der Waals surface area contributed by atoms with E-state index in [-0.39, 0.29) is 19.1 Å². The van der Waals surface area contributed by atoms with Crippen molar-refractivity contribution < 1.29 is 29.3 Å². The van der Waals surface area contributed by atoms with Gasteiger partial charge in [-0.3, -0.25) is 19.3 Å². The molecule has 3 heterocycles. The van der Waals surface area contributed by atoms with Gasteiger partial charge in [0.25, 0.3) is 0 Å². The van der Waals surface area contributed by atoms with E-state index in [0.717, 1.165) is 5.56 Å². The van der Waals surface area contributed by atoms with Gasteiger partial charge >= 0.3 is 5.97 Å². The van der Waals surface area contributed by atoms with Crippen LogP contribution in [0.2, 0.25) is 0 Å². The zero-order valence-electron chi connectivity index (χ0n) is 19.1. The van der Waals surface area contributed by atoms with E-state index in [2.05, 4.69) is 6.58 Å². The lowest BCUT2D eigenvalue weighted by Crippen LogP contribution is -2.59. The van der Waals surface area contributed by atoms with Crippen molar-refractivity contribution in [2.75, 3.05) is 18.1 Å². The van der Waals surface area contributed by atoms with Gasteiger partial charge in [0.15, 0.2) is 0 Å². The van der Waals surface area contributed by atoms with Gasteiger partial charge in [0.2, 0.25) is 11.8 Å². The first-order valence-corrected chi connectivity index (χ1v) is 11.1. The van der Waals surface area contributed by atoms with Crippen molar-refractivity contribution >= 4 is 23.5 Å². The predicted molar refractivity (Wildman–Crippen MR) is 122 cm³/mol. The summed E-state index contributed by atoms with van der Waals surface area (Å²) in [6.07, 6.45) is 4.71. The van der Waals surface area contributed by atoms with Crippen LogP contribution in [0.5, 0.6) is 0 Å². The van der Waals surface area contributed by atoms with Crippen molar-refractivity contribution in [1.29, 1.82) is 0 Å². The van der Waals surface area contributed by atoms with Crippen LogP contribution in [-0.2, 0) is 25.5 Å². The van der Waals surface area contributed by atoms with Crippen molar-refractivity contribution in [2.24, 2.45) is 11.8 Å². The average Bonchev–Trinajstić information content (AvgIpc) is 3.39. The van der Waals surface area contributed by atoms with Crippen LogP contribution in [0.1, 0.15) is 26.3 Å². The monoisotopic (exact) mass is 454 g/mol. The lowest BCUT2D eigenvalue weighted by Gasteiger charge is -2.41. The minimum absolute atomic E-state index is 0.00328. The highest BCUT2D eigenvalue weighted by Gasteiger charge is 2.73. The van der Waals surface area contributed by atoms with Crippen molar-refractivity contribution in [1.82, 2.24) is 4.90 Å². The molecule has 3 aliphatic heterocycles. The molecule has 0 saturated carbocycles. The van der Waals surface area contributed by atoms with E-state index in [1.54, 1.807) is 47.4 Å². The molecule has 2 fully saturated rings. The zero-order chi connectivity index (χ0) is 24.1. The number of aliphatic hydroxyl groups is 1. The number of fused-ring (bicyclic) bond motifs is 1. The maximum Gasteiger partial charge on any atom is 0.310 e. The minimum atomic E-state index is -1.35. The Morgan fingerprint density at radius 1 is 1.27 bits per heavy atom. The summed E-state index contributed by atoms with van der Waals surface area (Å²) in [5, 5.41) is 19.1. The molecule has 5 unspecified atom stereocenters. The summed E-state index contributed by atoms with van der Waals surface area (Å²) in [5.74, 6) is -3.93. The molecular formula is C25H30N2O6. The van der Waals surface area contributed by atoms with Crippen LogP contribution in [0.3, 0.4) is 0 Å². The SMILES string of the molecule is C=CCN(C(=O)C1N(c2ccc(CCO)cc2)C(=O)C2C(C(=O)O)C3C=CC21O3)C(C)(C)C. The van der Waals surface area contributed by atoms with Gasteiger partial charge in [0, 0.05) is 24.4 Å².